The predicted molar refractivity (Wildman–Crippen MR) is 89.2 cm³/mol. The van der Waals surface area contributed by atoms with Crippen molar-refractivity contribution < 1.29 is 23.5 Å². The molecule has 1 aromatic rings. The number of nitrogens with one attached hydrogen (secondary N) is 1. The average Bonchev–Trinajstić information content (AvgIpc) is 3.02. The lowest BCUT2D eigenvalue weighted by molar-refractivity contribution is -0.127. The third kappa shape index (κ3) is 3.78. The second kappa shape index (κ2) is 7.33. The van der Waals surface area contributed by atoms with Crippen LogP contribution in [0.2, 0.25) is 0 Å². The largest absolute Gasteiger partial charge is 0.434 e. The van der Waals surface area contributed by atoms with Crippen molar-refractivity contribution in [2.75, 3.05) is 36.1 Å². The zero-order valence-electron chi connectivity index (χ0n) is 13.5. The van der Waals surface area contributed by atoms with Gasteiger partial charge in [0.25, 0.3) is 5.91 Å². The lowest BCUT2D eigenvalue weighted by Crippen LogP contribution is -2.38. The van der Waals surface area contributed by atoms with E-state index in [0.29, 0.717) is 18.7 Å². The molecule has 0 aliphatic carbocycles. The Morgan fingerprint density at radius 2 is 1.96 bits per heavy atom. The number of halogens is 1. The van der Waals surface area contributed by atoms with Crippen LogP contribution < -0.4 is 15.1 Å². The number of nitrogens with zero attached hydrogens (tertiary/aromatic N) is 2. The Morgan fingerprint density at radius 3 is 2.60 bits per heavy atom. The molecule has 0 aromatic heterocycles. The number of amides is 2. The van der Waals surface area contributed by atoms with Crippen molar-refractivity contribution in [3.63, 3.8) is 0 Å². The Kier molecular flexibility index (Phi) is 4.97. The summed E-state index contributed by atoms with van der Waals surface area (Å²) in [5.41, 5.74) is 1.50. The minimum absolute atomic E-state index is 0.0778. The number of allylic oxidation sites excluding steroid dienone is 1. The highest BCUT2D eigenvalue weighted by Gasteiger charge is 2.36. The molecule has 1 unspecified atom stereocenters. The van der Waals surface area contributed by atoms with Gasteiger partial charge >= 0.3 is 6.09 Å². The Bertz CT molecular complexity index is 704. The van der Waals surface area contributed by atoms with Crippen molar-refractivity contribution in [1.29, 1.82) is 0 Å². The topological polar surface area (TPSA) is 79.0 Å². The third-order valence-electron chi connectivity index (χ3n) is 4.03. The molecule has 0 saturated carbocycles. The number of ether oxygens (including phenoxy) is 1. The maximum absolute atomic E-state index is 12.1. The average molecular weight is 347 g/mol. The molecule has 2 amide bonds. The molecule has 3 rings (SSSR count). The normalized spacial score (nSPS) is 20.0. The fourth-order valence-corrected chi connectivity index (χ4v) is 2.70. The number of hydrogen-bond acceptors (Lipinski definition) is 5. The molecular weight excluding hydrogens is 329 g/mol. The van der Waals surface area contributed by atoms with Gasteiger partial charge in [-0.1, -0.05) is 0 Å². The van der Waals surface area contributed by atoms with E-state index in [2.05, 4.69) is 5.32 Å². The summed E-state index contributed by atoms with van der Waals surface area (Å²) in [5.74, 6) is -0.405. The number of alkyl halides is 1. The Morgan fingerprint density at radius 1 is 1.24 bits per heavy atom. The van der Waals surface area contributed by atoms with Gasteiger partial charge in [0, 0.05) is 37.1 Å². The number of benzene rings is 1. The number of cyclic esters (lactones) is 1. The first kappa shape index (κ1) is 16.9. The summed E-state index contributed by atoms with van der Waals surface area (Å²) in [6.07, 6.45) is 2.17. The molecule has 1 fully saturated rings. The molecule has 1 saturated heterocycles. The molecule has 7 nitrogen and oxygen atoms in total. The predicted octanol–water partition coefficient (Wildman–Crippen LogP) is 1.39. The molecule has 132 valence electrons. The van der Waals surface area contributed by atoms with Gasteiger partial charge in [0.15, 0.2) is 11.9 Å². The van der Waals surface area contributed by atoms with Crippen LogP contribution >= 0.6 is 0 Å². The van der Waals surface area contributed by atoms with E-state index >= 15 is 0 Å². The molecule has 2 heterocycles. The van der Waals surface area contributed by atoms with Gasteiger partial charge in [0.05, 0.1) is 6.54 Å². The molecule has 1 N–H and O–H groups in total. The highest BCUT2D eigenvalue weighted by molar-refractivity contribution is 5.96. The minimum atomic E-state index is -0.949. The van der Waals surface area contributed by atoms with Gasteiger partial charge in [0.1, 0.15) is 6.67 Å². The van der Waals surface area contributed by atoms with Crippen LogP contribution in [-0.2, 0) is 14.3 Å². The van der Waals surface area contributed by atoms with Crippen molar-refractivity contribution >= 4 is 29.2 Å². The smallest absolute Gasteiger partial charge is 0.415 e. The monoisotopic (exact) mass is 347 g/mol. The summed E-state index contributed by atoms with van der Waals surface area (Å²) in [5, 5.41) is 2.36. The van der Waals surface area contributed by atoms with Gasteiger partial charge in [-0.05, 0) is 30.3 Å². The summed E-state index contributed by atoms with van der Waals surface area (Å²) in [6.45, 7) is -0.0900. The van der Waals surface area contributed by atoms with E-state index in [-0.39, 0.29) is 18.9 Å². The minimum Gasteiger partial charge on any atom is -0.434 e. The van der Waals surface area contributed by atoms with Crippen molar-refractivity contribution in [3.8, 4) is 0 Å². The summed E-state index contributed by atoms with van der Waals surface area (Å²) >= 11 is 0. The number of ketones is 1. The second-order valence-electron chi connectivity index (χ2n) is 5.70. The highest BCUT2D eigenvalue weighted by atomic mass is 19.1. The van der Waals surface area contributed by atoms with E-state index in [1.54, 1.807) is 18.3 Å². The molecule has 8 heteroatoms. The Balaban J connectivity index is 1.66. The summed E-state index contributed by atoms with van der Waals surface area (Å²) in [4.78, 5) is 38.3. The Labute approximate surface area is 144 Å². The van der Waals surface area contributed by atoms with Crippen molar-refractivity contribution in [2.24, 2.45) is 0 Å². The fraction of sp³-hybridized carbons (Fsp3) is 0.353. The van der Waals surface area contributed by atoms with Crippen LogP contribution in [0.4, 0.5) is 20.6 Å². The Hall–Kier alpha value is -2.90. The van der Waals surface area contributed by atoms with Crippen LogP contribution in [0.15, 0.2) is 36.5 Å². The van der Waals surface area contributed by atoms with Gasteiger partial charge in [0.2, 0.25) is 0 Å². The number of hydrogen-bond donors (Lipinski definition) is 1. The van der Waals surface area contributed by atoms with E-state index in [9.17, 15) is 18.8 Å². The molecule has 0 radical (unpaired) electrons. The SMILES string of the molecule is O=C1C=CN(c2ccc(N3CC(C(=O)NCCF)OC3=O)cc2)CC1. The van der Waals surface area contributed by atoms with Gasteiger partial charge in [-0.2, -0.15) is 0 Å². The summed E-state index contributed by atoms with van der Waals surface area (Å²) in [6, 6.07) is 7.17. The van der Waals surface area contributed by atoms with Crippen LogP contribution in [-0.4, -0.2) is 50.2 Å². The molecule has 1 atom stereocenters. The quantitative estimate of drug-likeness (QED) is 0.871. The number of anilines is 2. The van der Waals surface area contributed by atoms with Gasteiger partial charge < -0.3 is 15.0 Å². The van der Waals surface area contributed by atoms with Crippen LogP contribution in [0.25, 0.3) is 0 Å². The van der Waals surface area contributed by atoms with Crippen molar-refractivity contribution in [1.82, 2.24) is 5.32 Å². The van der Waals surface area contributed by atoms with Crippen molar-refractivity contribution in [2.45, 2.75) is 12.5 Å². The van der Waals surface area contributed by atoms with Gasteiger partial charge in [-0.25, -0.2) is 9.18 Å². The second-order valence-corrected chi connectivity index (χ2v) is 5.70. The molecular formula is C17H18FN3O4. The third-order valence-corrected chi connectivity index (χ3v) is 4.03. The standard InChI is InChI=1S/C17H18FN3O4/c18-7-8-19-16(23)15-11-21(17(24)25-15)13-3-1-12(2-4-13)20-9-5-14(22)6-10-20/h1-5,9,15H,6-8,10-11H2,(H,19,23). The van der Waals surface area contributed by atoms with Crippen LogP contribution in [0.1, 0.15) is 6.42 Å². The van der Waals surface area contributed by atoms with E-state index in [0.717, 1.165) is 5.69 Å². The fourth-order valence-electron chi connectivity index (χ4n) is 2.70. The molecule has 2 aliphatic heterocycles. The zero-order valence-corrected chi connectivity index (χ0v) is 13.5. The first-order valence-corrected chi connectivity index (χ1v) is 7.98. The molecule has 1 aromatic carbocycles. The van der Waals surface area contributed by atoms with Crippen LogP contribution in [0.3, 0.4) is 0 Å². The first-order chi connectivity index (χ1) is 12.1. The maximum atomic E-state index is 12.1. The maximum Gasteiger partial charge on any atom is 0.415 e. The van der Waals surface area contributed by atoms with Crippen LogP contribution in [0.5, 0.6) is 0 Å². The van der Waals surface area contributed by atoms with E-state index in [1.165, 1.54) is 11.0 Å². The molecule has 0 spiro atoms. The zero-order chi connectivity index (χ0) is 17.8. The van der Waals surface area contributed by atoms with E-state index in [1.807, 2.05) is 17.0 Å². The summed E-state index contributed by atoms with van der Waals surface area (Å²) in [7, 11) is 0. The first-order valence-electron chi connectivity index (χ1n) is 7.98. The highest BCUT2D eigenvalue weighted by Crippen LogP contribution is 2.26. The van der Waals surface area contributed by atoms with Gasteiger partial charge in [-0.3, -0.25) is 14.5 Å². The van der Waals surface area contributed by atoms with E-state index in [4.69, 9.17) is 4.74 Å². The molecule has 2 aliphatic rings. The van der Waals surface area contributed by atoms with Gasteiger partial charge in [-0.15, -0.1) is 0 Å². The van der Waals surface area contributed by atoms with E-state index < -0.39 is 24.8 Å². The number of carbonyl (C=O) groups excluding carboxylic acids is 3. The lowest BCUT2D eigenvalue weighted by Gasteiger charge is -2.23. The molecule has 25 heavy (non-hydrogen) atoms. The van der Waals surface area contributed by atoms with Crippen LogP contribution in [0, 0.1) is 0 Å². The summed E-state index contributed by atoms with van der Waals surface area (Å²) < 4.78 is 17.2. The molecule has 0 bridgehead atoms. The number of rotatable bonds is 5. The lowest BCUT2D eigenvalue weighted by atomic mass is 10.1. The number of carbonyl (C=O) groups is 3. The van der Waals surface area contributed by atoms with Crippen molar-refractivity contribution in [3.05, 3.63) is 36.5 Å².